The molecule has 0 spiro atoms. The molecule has 0 atom stereocenters. The van der Waals surface area contributed by atoms with E-state index in [0.717, 1.165) is 172 Å². The molecule has 20 rings (SSSR count). The van der Waals surface area contributed by atoms with E-state index in [1.165, 1.54) is 52.2 Å². The van der Waals surface area contributed by atoms with Crippen molar-refractivity contribution in [1.29, 1.82) is 5.26 Å². The fraction of sp³-hybridized carbons (Fsp3) is 0.206. The van der Waals surface area contributed by atoms with Crippen LogP contribution < -0.4 is 27.6 Å². The van der Waals surface area contributed by atoms with E-state index in [4.69, 9.17) is 46.0 Å². The van der Waals surface area contributed by atoms with E-state index in [0.29, 0.717) is 45.3 Å². The van der Waals surface area contributed by atoms with Crippen LogP contribution >= 0.6 is 46.4 Å². The first-order valence-corrected chi connectivity index (χ1v) is 43.8. The van der Waals surface area contributed by atoms with Gasteiger partial charge in [-0.2, -0.15) is 15.5 Å². The maximum absolute atomic E-state index is 12.7. The Labute approximate surface area is 750 Å². The van der Waals surface area contributed by atoms with Crippen LogP contribution in [0.1, 0.15) is 131 Å². The highest BCUT2D eigenvalue weighted by Crippen LogP contribution is 2.47. The van der Waals surface area contributed by atoms with E-state index < -0.39 is 28.4 Å². The number of hydrogen-bond acceptors (Lipinski definition) is 24. The minimum atomic E-state index is -0.555. The van der Waals surface area contributed by atoms with Gasteiger partial charge in [0.2, 0.25) is 11.6 Å². The van der Waals surface area contributed by atoms with E-state index in [1.54, 1.807) is 47.5 Å². The molecule has 6 aromatic carbocycles. The molecule has 0 bridgehead atoms. The largest absolute Gasteiger partial charge is 0.444 e. The summed E-state index contributed by atoms with van der Waals surface area (Å²) in [5.74, 6) is 6.90. The number of halogens is 1. The number of H-pyrrole nitrogens is 2. The van der Waals surface area contributed by atoms with Crippen LogP contribution in [-0.4, -0.2) is 105 Å². The third kappa shape index (κ3) is 19.0. The molecular formula is C97H88ClN21O5S3. The molecule has 3 aliphatic rings. The lowest BCUT2D eigenvalue weighted by molar-refractivity contribution is 0.0365. The lowest BCUT2D eigenvalue weighted by Gasteiger charge is -2.43. The number of pyridine rings is 6. The Kier molecular flexibility index (Phi) is 25.2. The van der Waals surface area contributed by atoms with E-state index in [2.05, 4.69) is 176 Å². The molecule has 17 aromatic rings. The van der Waals surface area contributed by atoms with Crippen molar-refractivity contribution in [2.75, 3.05) is 0 Å². The second-order valence-electron chi connectivity index (χ2n) is 33.0. The van der Waals surface area contributed by atoms with Gasteiger partial charge in [0.05, 0.1) is 77.2 Å². The Hall–Kier alpha value is -14.1. The maximum Gasteiger partial charge on any atom is 0.408 e. The number of rotatable bonds is 16. The smallest absolute Gasteiger partial charge is 0.408 e. The van der Waals surface area contributed by atoms with Gasteiger partial charge in [-0.15, -0.1) is 46.4 Å². The predicted octanol–water partition coefficient (Wildman–Crippen LogP) is 20.9. The number of nitrogens with zero attached hydrogens (tertiary/aromatic N) is 14. The summed E-state index contributed by atoms with van der Waals surface area (Å²) in [6.07, 6.45) is 18.2. The van der Waals surface area contributed by atoms with Crippen molar-refractivity contribution < 1.29 is 23.9 Å². The number of aromatic nitrogens is 15. The van der Waals surface area contributed by atoms with Gasteiger partial charge in [0.15, 0.2) is 11.6 Å². The molecule has 11 heterocycles. The monoisotopic (exact) mass is 1760 g/mol. The molecule has 0 unspecified atom stereocenters. The highest BCUT2D eigenvalue weighted by molar-refractivity contribution is 7.13. The summed E-state index contributed by atoms with van der Waals surface area (Å²) in [5.41, 5.74) is 30.6. The van der Waals surface area contributed by atoms with Crippen LogP contribution in [0.25, 0.3) is 144 Å². The second kappa shape index (κ2) is 37.0. The zero-order valence-electron chi connectivity index (χ0n) is 70.2. The Morgan fingerprint density at radius 3 is 1.15 bits per heavy atom. The molecule has 26 nitrogen and oxygen atoms in total. The molecule has 3 fully saturated rings. The molecule has 636 valence electrons. The number of hydrazine groups is 1. The predicted molar refractivity (Wildman–Crippen MR) is 499 cm³/mol. The Balaban J connectivity index is 0.000000133. The van der Waals surface area contributed by atoms with Crippen LogP contribution in [0.3, 0.4) is 0 Å². The minimum Gasteiger partial charge on any atom is -0.444 e. The van der Waals surface area contributed by atoms with Gasteiger partial charge in [0.25, 0.3) is 5.91 Å². The summed E-state index contributed by atoms with van der Waals surface area (Å²) in [4.78, 5) is 88.4. The summed E-state index contributed by atoms with van der Waals surface area (Å²) in [5, 5.41) is 33.3. The molecular weight excluding hydrogens is 1670 g/mol. The number of nitriles is 1. The average molecular weight is 1760 g/mol. The van der Waals surface area contributed by atoms with E-state index >= 15 is 0 Å². The third-order valence-electron chi connectivity index (χ3n) is 22.4. The highest BCUT2D eigenvalue weighted by Gasteiger charge is 2.43. The molecule has 0 radical (unpaired) electrons. The van der Waals surface area contributed by atoms with E-state index in [-0.39, 0.29) is 29.9 Å². The van der Waals surface area contributed by atoms with Crippen molar-refractivity contribution in [3.8, 4) is 118 Å². The van der Waals surface area contributed by atoms with Crippen LogP contribution in [0.2, 0.25) is 0 Å². The van der Waals surface area contributed by atoms with E-state index in [9.17, 15) is 19.6 Å². The number of carbonyl (C=O) groups excluding carboxylic acids is 3. The standard InChI is InChI=1S/C34H31N7O2S.C30H28N4O2.C29H23N7S.C4H5N3OS.ClH/c1-33(2,3)43-32(42)39-34(15-7-16-34)23-12-10-22(11-13-23)28-24(21-8-5-4-6-9-21)18-25-26(37-28)14-17-36-29(25)31-38-30(40-41-31)27-19-35-20-44-27;1-29(2,3)36-28(35)34-30(15-7-16-30)22-12-10-21(11-13-22)27-23(20-8-5-4-6-9-20)18-24-25(33-27)14-17-32-26(24)19-31;30-29(12-4-13-29)20-9-7-19(8-10-20)25-21(18-5-2-1-3-6-18)15-22-23(33-25)11-14-32-26(22)28-34-27(35-36-28)24-16-31-17-37-24;5-7-4(8)3-1-6-2-9-3;/h4-6,8-14,17-20H,7,15-16H2,1-3H3,(H,39,42)(H,38,40,41);4-6,8-14,17-18H,7,15-16H2,1-3H3,(H,34,35);1-3,5-11,14-17H,4,12-13,30H2,(H,34,35,36);1-2H,5H2,(H,7,8);1H. The molecule has 30 heteroatoms. The van der Waals surface area contributed by atoms with Crippen LogP contribution in [0, 0.1) is 11.3 Å². The van der Waals surface area contributed by atoms with Gasteiger partial charge >= 0.3 is 12.2 Å². The normalized spacial score (nSPS) is 13.9. The minimum absolute atomic E-state index is 0. The van der Waals surface area contributed by atoms with Crippen molar-refractivity contribution in [3.63, 3.8) is 0 Å². The fourth-order valence-corrected chi connectivity index (χ4v) is 17.3. The van der Waals surface area contributed by atoms with Gasteiger partial charge in [0.1, 0.15) is 39.2 Å². The number of nitrogen functional groups attached to an aromatic ring is 1. The third-order valence-corrected chi connectivity index (χ3v) is 24.7. The van der Waals surface area contributed by atoms with Gasteiger partial charge in [-0.05, 0) is 169 Å². The first-order valence-electron chi connectivity index (χ1n) is 41.2. The average Bonchev–Trinajstić information content (AvgIpc) is 1.75. The number of carbonyl (C=O) groups is 3. The quantitative estimate of drug-likeness (QED) is 0.0268. The molecule has 3 saturated carbocycles. The number of benzene rings is 6. The number of alkyl carbamates (subject to hydrolysis) is 2. The first kappa shape index (κ1) is 86.4. The molecule has 3 aliphatic carbocycles. The van der Waals surface area contributed by atoms with E-state index in [1.807, 2.05) is 138 Å². The number of nitrogens with two attached hydrogens (primary N) is 2. The Morgan fingerprint density at radius 2 is 0.811 bits per heavy atom. The number of amides is 3. The highest BCUT2D eigenvalue weighted by atomic mass is 35.5. The summed E-state index contributed by atoms with van der Waals surface area (Å²) >= 11 is 4.26. The number of ether oxygens (including phenoxy) is 2. The van der Waals surface area contributed by atoms with Crippen LogP contribution in [0.4, 0.5) is 9.59 Å². The lowest BCUT2D eigenvalue weighted by Crippen LogP contribution is -2.52. The lowest BCUT2D eigenvalue weighted by atomic mass is 9.71. The summed E-state index contributed by atoms with van der Waals surface area (Å²) in [6.45, 7) is 11.2. The molecule has 0 saturated heterocycles. The maximum atomic E-state index is 12.7. The van der Waals surface area contributed by atoms with Crippen molar-refractivity contribution >= 4 is 97.2 Å². The number of nitrogens with one attached hydrogen (secondary N) is 5. The Bertz CT molecular complexity index is 6800. The van der Waals surface area contributed by atoms with Gasteiger partial charge in [-0.1, -0.05) is 164 Å². The number of hydrogen-bond donors (Lipinski definition) is 7. The zero-order chi connectivity index (χ0) is 87.2. The fourth-order valence-electron chi connectivity index (χ4n) is 15.7. The number of aromatic amines is 2. The van der Waals surface area contributed by atoms with Gasteiger partial charge in [0, 0.05) is 86.1 Å². The van der Waals surface area contributed by atoms with Crippen LogP contribution in [0.15, 0.2) is 254 Å². The zero-order valence-corrected chi connectivity index (χ0v) is 73.5. The number of fused-ring (bicyclic) bond motifs is 3. The van der Waals surface area contributed by atoms with Crippen LogP contribution in [-0.2, 0) is 26.1 Å². The van der Waals surface area contributed by atoms with Crippen molar-refractivity contribution in [2.24, 2.45) is 11.6 Å². The summed E-state index contributed by atoms with van der Waals surface area (Å²) < 4.78 is 11.1. The molecule has 9 N–H and O–H groups in total. The summed E-state index contributed by atoms with van der Waals surface area (Å²) in [7, 11) is 0. The van der Waals surface area contributed by atoms with Crippen molar-refractivity contribution in [2.45, 2.75) is 127 Å². The SMILES string of the molecule is CC(C)(C)OC(=O)NC1(c2ccc(-c3nc4ccnc(-c5n[nH]c(-c6cncs6)n5)c4cc3-c3ccccc3)cc2)CCC1.CC(C)(C)OC(=O)NC1(c2ccc(-c3nc4ccnc(C#N)c4cc3-c3ccccc3)cc2)CCC1.Cl.NC1(c2ccc(-c3nc4ccnc(-c5n[nH]c(-c6cncs6)n5)c4cc3-c3ccccc3)cc2)CCC1.NNC(=O)c1cncs1. The van der Waals surface area contributed by atoms with Gasteiger partial charge in [-0.3, -0.25) is 45.3 Å². The Morgan fingerprint density at radius 1 is 0.441 bits per heavy atom. The topological polar surface area (TPSA) is 381 Å². The molecule has 3 amide bonds. The number of thiazole rings is 3. The van der Waals surface area contributed by atoms with Crippen molar-refractivity contribution in [3.05, 3.63) is 281 Å². The molecule has 11 aromatic heterocycles. The first-order chi connectivity index (χ1) is 61.1. The molecule has 127 heavy (non-hydrogen) atoms. The van der Waals surface area contributed by atoms with Crippen LogP contribution in [0.5, 0.6) is 0 Å². The van der Waals surface area contributed by atoms with Gasteiger partial charge < -0.3 is 25.8 Å². The second-order valence-corrected chi connectivity index (χ2v) is 35.7. The van der Waals surface area contributed by atoms with Gasteiger partial charge in [-0.25, -0.2) is 45.3 Å². The molecule has 0 aliphatic heterocycles. The summed E-state index contributed by atoms with van der Waals surface area (Å²) in [6, 6.07) is 69.9. The van der Waals surface area contributed by atoms with Crippen molar-refractivity contribution in [1.82, 2.24) is 91.3 Å².